The maximum atomic E-state index is 3.76. The molecule has 0 spiro atoms. The van der Waals surface area contributed by atoms with Gasteiger partial charge in [-0.05, 0) is 35.9 Å². The number of nitrogens with one attached hydrogen (secondary N) is 1. The largest absolute Gasteiger partial charge is 0.309 e. The van der Waals surface area contributed by atoms with Crippen molar-refractivity contribution in [1.82, 2.24) is 5.32 Å². The van der Waals surface area contributed by atoms with Gasteiger partial charge in [0.15, 0.2) is 0 Å². The molecule has 2 rings (SSSR count). The quantitative estimate of drug-likeness (QED) is 0.635. The lowest BCUT2D eigenvalue weighted by Crippen LogP contribution is -2.33. The molecule has 0 aliphatic carbocycles. The Morgan fingerprint density at radius 1 is 1.10 bits per heavy atom. The zero-order chi connectivity index (χ0) is 15.1. The summed E-state index contributed by atoms with van der Waals surface area (Å²) in [4.78, 5) is 0. The fourth-order valence-electron chi connectivity index (χ4n) is 2.44. The second-order valence-electron chi connectivity index (χ2n) is 5.60. The summed E-state index contributed by atoms with van der Waals surface area (Å²) in [6.07, 6.45) is 1.16. The minimum atomic E-state index is 0.401. The molecule has 1 heterocycles. The van der Waals surface area contributed by atoms with Gasteiger partial charge in [0.1, 0.15) is 0 Å². The molecule has 0 aliphatic heterocycles. The van der Waals surface area contributed by atoms with E-state index in [0.29, 0.717) is 17.2 Å². The van der Waals surface area contributed by atoms with E-state index in [9.17, 15) is 0 Å². The summed E-state index contributed by atoms with van der Waals surface area (Å²) in [5.41, 5.74) is 1.40. The van der Waals surface area contributed by atoms with E-state index in [1.807, 2.05) is 23.1 Å². The number of hydrogen-bond donors (Lipinski definition) is 1. The van der Waals surface area contributed by atoms with Crippen molar-refractivity contribution in [3.05, 3.63) is 53.4 Å². The number of benzene rings is 1. The van der Waals surface area contributed by atoms with Crippen LogP contribution in [-0.2, 0) is 0 Å². The molecule has 0 saturated carbocycles. The van der Waals surface area contributed by atoms with Crippen LogP contribution in [0.1, 0.15) is 38.8 Å². The van der Waals surface area contributed by atoms with Gasteiger partial charge in [-0.1, -0.05) is 57.2 Å². The van der Waals surface area contributed by atoms with Crippen LogP contribution in [0.4, 0.5) is 0 Å². The van der Waals surface area contributed by atoms with E-state index in [-0.39, 0.29) is 0 Å². The molecule has 2 unspecified atom stereocenters. The van der Waals surface area contributed by atoms with Gasteiger partial charge in [0.2, 0.25) is 0 Å². The Hall–Kier alpha value is -0.770. The third-order valence-corrected chi connectivity index (χ3v) is 6.20. The molecule has 21 heavy (non-hydrogen) atoms. The second-order valence-corrected chi connectivity index (χ2v) is 8.03. The van der Waals surface area contributed by atoms with Gasteiger partial charge in [-0.3, -0.25) is 0 Å². The lowest BCUT2D eigenvalue weighted by molar-refractivity contribution is 0.444. The minimum absolute atomic E-state index is 0.401. The van der Waals surface area contributed by atoms with Gasteiger partial charge in [-0.15, -0.1) is 23.1 Å². The molecule has 0 saturated heterocycles. The Labute approximate surface area is 137 Å². The first-order valence-electron chi connectivity index (χ1n) is 7.71. The third-order valence-electron chi connectivity index (χ3n) is 3.51. The molecule has 2 atom stereocenters. The monoisotopic (exact) mass is 319 g/mol. The Balaban J connectivity index is 2.22. The summed E-state index contributed by atoms with van der Waals surface area (Å²) in [7, 11) is 0. The Kier molecular flexibility index (Phi) is 6.81. The van der Waals surface area contributed by atoms with Crippen LogP contribution >= 0.6 is 23.1 Å². The maximum absolute atomic E-state index is 3.76. The summed E-state index contributed by atoms with van der Waals surface area (Å²) in [6, 6.07) is 15.6. The van der Waals surface area contributed by atoms with Crippen molar-refractivity contribution in [2.45, 2.75) is 42.7 Å². The highest BCUT2D eigenvalue weighted by Gasteiger charge is 2.26. The molecule has 1 aromatic carbocycles. The van der Waals surface area contributed by atoms with Gasteiger partial charge in [-0.25, -0.2) is 0 Å². The van der Waals surface area contributed by atoms with Gasteiger partial charge in [0.25, 0.3) is 0 Å². The van der Waals surface area contributed by atoms with Crippen LogP contribution in [0.2, 0.25) is 0 Å². The standard InChI is InChI=1S/C18H25NS2/c1-4-12-19-17(15-9-6-5-7-10-15)18(14(2)3)21-16-11-8-13-20-16/h5-11,13-14,17-19H,4,12H2,1-3H3. The number of thiophene rings is 1. The Morgan fingerprint density at radius 3 is 2.43 bits per heavy atom. The highest BCUT2D eigenvalue weighted by atomic mass is 32.2. The average molecular weight is 320 g/mol. The first-order chi connectivity index (χ1) is 10.2. The third kappa shape index (κ3) is 4.87. The molecule has 114 valence electrons. The van der Waals surface area contributed by atoms with E-state index >= 15 is 0 Å². The smallest absolute Gasteiger partial charge is 0.0601 e. The van der Waals surface area contributed by atoms with Crippen LogP contribution in [0.3, 0.4) is 0 Å². The van der Waals surface area contributed by atoms with E-state index in [2.05, 4.69) is 73.9 Å². The Bertz CT molecular complexity index is 493. The van der Waals surface area contributed by atoms with Crippen molar-refractivity contribution in [3.8, 4) is 0 Å². The zero-order valence-electron chi connectivity index (χ0n) is 13.1. The first-order valence-corrected chi connectivity index (χ1v) is 9.46. The van der Waals surface area contributed by atoms with E-state index in [1.54, 1.807) is 0 Å². The first kappa shape index (κ1) is 16.6. The van der Waals surface area contributed by atoms with Crippen LogP contribution in [0.15, 0.2) is 52.1 Å². The molecule has 0 bridgehead atoms. The van der Waals surface area contributed by atoms with Crippen LogP contribution in [0.25, 0.3) is 0 Å². The van der Waals surface area contributed by atoms with Crippen LogP contribution in [0, 0.1) is 5.92 Å². The van der Waals surface area contributed by atoms with Gasteiger partial charge in [0.05, 0.1) is 4.21 Å². The fourth-order valence-corrected chi connectivity index (χ4v) is 4.70. The lowest BCUT2D eigenvalue weighted by atomic mass is 9.96. The van der Waals surface area contributed by atoms with Crippen LogP contribution in [-0.4, -0.2) is 11.8 Å². The fraction of sp³-hybridized carbons (Fsp3) is 0.444. The maximum Gasteiger partial charge on any atom is 0.0601 e. The van der Waals surface area contributed by atoms with Crippen molar-refractivity contribution in [2.24, 2.45) is 5.92 Å². The predicted molar refractivity (Wildman–Crippen MR) is 96.3 cm³/mol. The van der Waals surface area contributed by atoms with E-state index in [1.165, 1.54) is 9.77 Å². The normalized spacial score (nSPS) is 14.3. The van der Waals surface area contributed by atoms with Crippen LogP contribution < -0.4 is 5.32 Å². The molecule has 1 nitrogen and oxygen atoms in total. The molecule has 0 fully saturated rings. The topological polar surface area (TPSA) is 12.0 Å². The number of thioether (sulfide) groups is 1. The van der Waals surface area contributed by atoms with Gasteiger partial charge in [0, 0.05) is 11.3 Å². The lowest BCUT2D eigenvalue weighted by Gasteiger charge is -2.31. The zero-order valence-corrected chi connectivity index (χ0v) is 14.7. The van der Waals surface area contributed by atoms with Crippen molar-refractivity contribution in [1.29, 1.82) is 0 Å². The van der Waals surface area contributed by atoms with E-state index in [4.69, 9.17) is 0 Å². The summed E-state index contributed by atoms with van der Waals surface area (Å²) >= 11 is 3.85. The molecule has 2 aromatic rings. The van der Waals surface area contributed by atoms with Crippen molar-refractivity contribution < 1.29 is 0 Å². The highest BCUT2D eigenvalue weighted by Crippen LogP contribution is 2.38. The highest BCUT2D eigenvalue weighted by molar-refractivity contribution is 8.01. The van der Waals surface area contributed by atoms with Crippen LogP contribution in [0.5, 0.6) is 0 Å². The second kappa shape index (κ2) is 8.62. The van der Waals surface area contributed by atoms with Crippen molar-refractivity contribution in [2.75, 3.05) is 6.54 Å². The van der Waals surface area contributed by atoms with E-state index < -0.39 is 0 Å². The molecule has 0 amide bonds. The molecule has 1 aromatic heterocycles. The number of hydrogen-bond acceptors (Lipinski definition) is 3. The molecule has 1 N–H and O–H groups in total. The average Bonchev–Trinajstić information content (AvgIpc) is 3.00. The SMILES string of the molecule is CCCNC(c1ccccc1)C(Sc1cccs1)C(C)C. The molecular weight excluding hydrogens is 294 g/mol. The molecule has 0 aliphatic rings. The van der Waals surface area contributed by atoms with Gasteiger partial charge >= 0.3 is 0 Å². The molecule has 0 radical (unpaired) electrons. The summed E-state index contributed by atoms with van der Waals surface area (Å²) < 4.78 is 1.41. The number of rotatable bonds is 8. The van der Waals surface area contributed by atoms with Crippen molar-refractivity contribution >= 4 is 23.1 Å². The van der Waals surface area contributed by atoms with Gasteiger partial charge < -0.3 is 5.32 Å². The van der Waals surface area contributed by atoms with Gasteiger partial charge in [-0.2, -0.15) is 0 Å². The molecular formula is C18H25NS2. The summed E-state index contributed by atoms with van der Waals surface area (Å²) in [5.74, 6) is 0.617. The Morgan fingerprint density at radius 2 is 1.86 bits per heavy atom. The minimum Gasteiger partial charge on any atom is -0.309 e. The predicted octanol–water partition coefficient (Wildman–Crippen LogP) is 5.61. The summed E-state index contributed by atoms with van der Waals surface area (Å²) in [5, 5.41) is 6.47. The molecule has 3 heteroatoms. The van der Waals surface area contributed by atoms with Crippen molar-refractivity contribution in [3.63, 3.8) is 0 Å². The summed E-state index contributed by atoms with van der Waals surface area (Å²) in [6.45, 7) is 7.95. The van der Waals surface area contributed by atoms with E-state index in [0.717, 1.165) is 13.0 Å².